The lowest BCUT2D eigenvalue weighted by Gasteiger charge is -2.12. The summed E-state index contributed by atoms with van der Waals surface area (Å²) in [6.45, 7) is 0.395. The molecule has 0 fully saturated rings. The topological polar surface area (TPSA) is 85.5 Å². The van der Waals surface area contributed by atoms with Gasteiger partial charge in [-0.15, -0.1) is 0 Å². The zero-order valence-electron chi connectivity index (χ0n) is 14.3. The van der Waals surface area contributed by atoms with Crippen LogP contribution < -0.4 is 19.5 Å². The first-order chi connectivity index (χ1) is 12.2. The second kappa shape index (κ2) is 7.12. The molecule has 0 saturated heterocycles. The summed E-state index contributed by atoms with van der Waals surface area (Å²) in [6, 6.07) is 7.23. The Bertz CT molecular complexity index is 890. The predicted molar refractivity (Wildman–Crippen MR) is 93.4 cm³/mol. The van der Waals surface area contributed by atoms with Crippen LogP contribution in [0, 0.1) is 0 Å². The van der Waals surface area contributed by atoms with Gasteiger partial charge in [-0.1, -0.05) is 6.07 Å². The minimum Gasteiger partial charge on any atom is -0.493 e. The lowest BCUT2D eigenvalue weighted by atomic mass is 10.2. The number of pyridine rings is 1. The summed E-state index contributed by atoms with van der Waals surface area (Å²) < 4.78 is 16.1. The third kappa shape index (κ3) is 3.21. The van der Waals surface area contributed by atoms with Crippen LogP contribution in [0.4, 0.5) is 0 Å². The summed E-state index contributed by atoms with van der Waals surface area (Å²) in [5.41, 5.74) is 2.07. The van der Waals surface area contributed by atoms with Crippen molar-refractivity contribution in [2.24, 2.45) is 0 Å². The largest absolute Gasteiger partial charge is 0.493 e. The van der Waals surface area contributed by atoms with Crippen LogP contribution in [0.2, 0.25) is 0 Å². The predicted octanol–water partition coefficient (Wildman–Crippen LogP) is 2.52. The monoisotopic (exact) mass is 341 g/mol. The molecule has 7 heteroatoms. The lowest BCUT2D eigenvalue weighted by molar-refractivity contribution is 0.0946. The summed E-state index contributed by atoms with van der Waals surface area (Å²) in [5, 5.41) is 3.60. The van der Waals surface area contributed by atoms with E-state index in [9.17, 15) is 4.79 Å². The summed E-state index contributed by atoms with van der Waals surface area (Å²) in [5.74, 6) is 1.30. The molecule has 0 spiro atoms. The second-order valence-corrected chi connectivity index (χ2v) is 5.33. The molecule has 130 valence electrons. The molecule has 0 radical (unpaired) electrons. The van der Waals surface area contributed by atoms with Crippen molar-refractivity contribution in [2.75, 3.05) is 21.3 Å². The summed E-state index contributed by atoms with van der Waals surface area (Å²) in [6.07, 6.45) is 3.40. The molecule has 2 heterocycles. The van der Waals surface area contributed by atoms with Gasteiger partial charge in [-0.2, -0.15) is 0 Å². The second-order valence-electron chi connectivity index (χ2n) is 5.33. The molecule has 0 aliphatic rings. The van der Waals surface area contributed by atoms with E-state index in [1.807, 2.05) is 12.1 Å². The van der Waals surface area contributed by atoms with Gasteiger partial charge >= 0.3 is 0 Å². The van der Waals surface area contributed by atoms with Crippen LogP contribution in [0.3, 0.4) is 0 Å². The molecule has 0 saturated carbocycles. The number of ether oxygens (including phenoxy) is 3. The number of nitrogens with zero attached hydrogens (tertiary/aromatic N) is 1. The Hall–Kier alpha value is -3.22. The van der Waals surface area contributed by atoms with E-state index in [1.165, 1.54) is 0 Å². The Morgan fingerprint density at radius 2 is 1.96 bits per heavy atom. The van der Waals surface area contributed by atoms with Crippen LogP contribution in [0.25, 0.3) is 10.9 Å². The van der Waals surface area contributed by atoms with Gasteiger partial charge in [-0.3, -0.25) is 9.78 Å². The number of methoxy groups -OCH3 is 3. The number of nitrogens with one attached hydrogen (secondary N) is 2. The van der Waals surface area contributed by atoms with Crippen molar-refractivity contribution in [3.8, 4) is 17.2 Å². The quantitative estimate of drug-likeness (QED) is 0.719. The molecular weight excluding hydrogens is 322 g/mol. The van der Waals surface area contributed by atoms with Gasteiger partial charge in [0.05, 0.1) is 26.8 Å². The highest BCUT2D eigenvalue weighted by Crippen LogP contribution is 2.43. The maximum absolute atomic E-state index is 12.4. The van der Waals surface area contributed by atoms with E-state index < -0.39 is 0 Å². The van der Waals surface area contributed by atoms with Gasteiger partial charge in [-0.25, -0.2) is 0 Å². The zero-order chi connectivity index (χ0) is 17.8. The van der Waals surface area contributed by atoms with E-state index in [4.69, 9.17) is 14.2 Å². The van der Waals surface area contributed by atoms with Crippen LogP contribution in [0.1, 0.15) is 16.1 Å². The van der Waals surface area contributed by atoms with E-state index in [1.54, 1.807) is 45.9 Å². The van der Waals surface area contributed by atoms with Crippen LogP contribution in [0.5, 0.6) is 17.2 Å². The highest BCUT2D eigenvalue weighted by Gasteiger charge is 2.19. The van der Waals surface area contributed by atoms with Crippen molar-refractivity contribution in [1.82, 2.24) is 15.3 Å². The number of benzene rings is 1. The van der Waals surface area contributed by atoms with Crippen LogP contribution in [0.15, 0.2) is 36.7 Å². The molecule has 0 aliphatic heterocycles. The Labute approximate surface area is 144 Å². The number of amides is 1. The minimum absolute atomic E-state index is 0.222. The van der Waals surface area contributed by atoms with Gasteiger partial charge in [0.25, 0.3) is 5.91 Å². The average molecular weight is 341 g/mol. The van der Waals surface area contributed by atoms with Crippen molar-refractivity contribution in [3.05, 3.63) is 47.9 Å². The fourth-order valence-electron chi connectivity index (χ4n) is 2.65. The molecule has 7 nitrogen and oxygen atoms in total. The number of fused-ring (bicyclic) bond motifs is 1. The van der Waals surface area contributed by atoms with Crippen molar-refractivity contribution in [3.63, 3.8) is 0 Å². The maximum atomic E-state index is 12.4. The first-order valence-electron chi connectivity index (χ1n) is 7.66. The maximum Gasteiger partial charge on any atom is 0.268 e. The van der Waals surface area contributed by atoms with Crippen molar-refractivity contribution in [2.45, 2.75) is 6.54 Å². The average Bonchev–Trinajstić information content (AvgIpc) is 3.09. The molecule has 0 aliphatic carbocycles. The van der Waals surface area contributed by atoms with Crippen LogP contribution >= 0.6 is 0 Å². The number of carbonyl (C=O) groups is 1. The number of H-pyrrole nitrogens is 1. The van der Waals surface area contributed by atoms with E-state index in [-0.39, 0.29) is 5.91 Å². The Balaban J connectivity index is 1.91. The van der Waals surface area contributed by atoms with E-state index in [0.717, 1.165) is 16.5 Å². The molecule has 3 rings (SSSR count). The van der Waals surface area contributed by atoms with Crippen LogP contribution in [-0.4, -0.2) is 37.2 Å². The Morgan fingerprint density at radius 1 is 1.16 bits per heavy atom. The standard InChI is InChI=1S/C18H19N3O4/c1-23-15-8-13-12(16(24-2)17(15)25-3)7-14(21-13)18(22)20-10-11-5-4-6-19-9-11/h4-9,21H,10H2,1-3H3,(H,20,22). The fraction of sp³-hybridized carbons (Fsp3) is 0.222. The number of aromatic amines is 1. The number of hydrogen-bond donors (Lipinski definition) is 2. The number of hydrogen-bond acceptors (Lipinski definition) is 5. The smallest absolute Gasteiger partial charge is 0.268 e. The summed E-state index contributed by atoms with van der Waals surface area (Å²) in [7, 11) is 4.64. The summed E-state index contributed by atoms with van der Waals surface area (Å²) in [4.78, 5) is 19.5. The Morgan fingerprint density at radius 3 is 2.60 bits per heavy atom. The molecule has 3 aromatic rings. The van der Waals surface area contributed by atoms with Crippen molar-refractivity contribution in [1.29, 1.82) is 0 Å². The first kappa shape index (κ1) is 16.6. The van der Waals surface area contributed by atoms with Gasteiger partial charge in [0, 0.05) is 30.4 Å². The molecule has 1 amide bonds. The van der Waals surface area contributed by atoms with Gasteiger partial charge < -0.3 is 24.5 Å². The minimum atomic E-state index is -0.222. The third-order valence-electron chi connectivity index (χ3n) is 3.85. The van der Waals surface area contributed by atoms with Crippen molar-refractivity contribution >= 4 is 16.8 Å². The SMILES string of the molecule is COc1cc2[nH]c(C(=O)NCc3cccnc3)cc2c(OC)c1OC. The van der Waals surface area contributed by atoms with Crippen LogP contribution in [-0.2, 0) is 6.54 Å². The number of rotatable bonds is 6. The van der Waals surface area contributed by atoms with Gasteiger partial charge in [0.15, 0.2) is 11.5 Å². The van der Waals surface area contributed by atoms with Gasteiger partial charge in [0.1, 0.15) is 5.69 Å². The number of aromatic nitrogens is 2. The molecule has 25 heavy (non-hydrogen) atoms. The zero-order valence-corrected chi connectivity index (χ0v) is 14.3. The van der Waals surface area contributed by atoms with E-state index in [2.05, 4.69) is 15.3 Å². The fourth-order valence-corrected chi connectivity index (χ4v) is 2.65. The summed E-state index contributed by atoms with van der Waals surface area (Å²) >= 11 is 0. The Kier molecular flexibility index (Phi) is 4.74. The molecule has 0 bridgehead atoms. The van der Waals surface area contributed by atoms with Crippen molar-refractivity contribution < 1.29 is 19.0 Å². The normalized spacial score (nSPS) is 10.5. The highest BCUT2D eigenvalue weighted by molar-refractivity contribution is 6.01. The van der Waals surface area contributed by atoms with E-state index in [0.29, 0.717) is 29.5 Å². The molecule has 0 unspecified atom stereocenters. The number of carbonyl (C=O) groups excluding carboxylic acids is 1. The molecule has 2 N–H and O–H groups in total. The molecular formula is C18H19N3O4. The molecule has 0 atom stereocenters. The highest BCUT2D eigenvalue weighted by atomic mass is 16.5. The van der Waals surface area contributed by atoms with E-state index >= 15 is 0 Å². The van der Waals surface area contributed by atoms with Gasteiger partial charge in [0.2, 0.25) is 5.75 Å². The lowest BCUT2D eigenvalue weighted by Crippen LogP contribution is -2.23. The van der Waals surface area contributed by atoms with Gasteiger partial charge in [-0.05, 0) is 17.7 Å². The first-order valence-corrected chi connectivity index (χ1v) is 7.66. The molecule has 1 aromatic carbocycles. The molecule has 2 aromatic heterocycles. The third-order valence-corrected chi connectivity index (χ3v) is 3.85.